The molecule has 4 aromatic rings. The summed E-state index contributed by atoms with van der Waals surface area (Å²) < 4.78 is 1.75. The number of fused-ring (bicyclic) bond motifs is 1. The number of hydrogen-bond acceptors (Lipinski definition) is 7. The van der Waals surface area contributed by atoms with Crippen LogP contribution >= 0.6 is 11.3 Å². The summed E-state index contributed by atoms with van der Waals surface area (Å²) in [6.45, 7) is 2.40. The van der Waals surface area contributed by atoms with Gasteiger partial charge in [-0.15, -0.1) is 0 Å². The summed E-state index contributed by atoms with van der Waals surface area (Å²) in [6.07, 6.45) is 3.43. The predicted octanol–water partition coefficient (Wildman–Crippen LogP) is 3.71. The number of benzene rings is 1. The highest BCUT2D eigenvalue weighted by Gasteiger charge is 2.18. The van der Waals surface area contributed by atoms with E-state index in [0.29, 0.717) is 28.5 Å². The maximum atomic E-state index is 11.2. The zero-order valence-corrected chi connectivity index (χ0v) is 14.6. The number of nitrogens with one attached hydrogen (secondary N) is 1. The number of anilines is 1. The lowest BCUT2D eigenvalue weighted by molar-refractivity contribution is -0.380. The van der Waals surface area contributed by atoms with E-state index in [1.807, 2.05) is 37.3 Å². The molecule has 0 radical (unpaired) electrons. The van der Waals surface area contributed by atoms with Crippen LogP contribution in [0.2, 0.25) is 0 Å². The molecule has 4 rings (SSSR count). The standard InChI is InChI=1S/C17H14N6O2S/c1-11-18-7-8-22(11)17-20-15(19-10-12-5-3-2-4-6-12)13-9-14(23(24)25)26-16(13)21-17/h2-9H,10H2,1H3,(H,19,20,21). The molecule has 0 spiro atoms. The van der Waals surface area contributed by atoms with Crippen molar-refractivity contribution < 1.29 is 4.92 Å². The summed E-state index contributed by atoms with van der Waals surface area (Å²) in [5.74, 6) is 1.73. The average Bonchev–Trinajstić information content (AvgIpc) is 3.26. The number of imidazole rings is 1. The third-order valence-electron chi connectivity index (χ3n) is 3.89. The summed E-state index contributed by atoms with van der Waals surface area (Å²) in [7, 11) is 0. The van der Waals surface area contributed by atoms with Gasteiger partial charge in [0, 0.05) is 25.0 Å². The van der Waals surface area contributed by atoms with Crippen LogP contribution in [0.25, 0.3) is 16.2 Å². The van der Waals surface area contributed by atoms with E-state index < -0.39 is 4.92 Å². The molecule has 0 atom stereocenters. The zero-order chi connectivity index (χ0) is 18.1. The molecule has 9 heteroatoms. The molecule has 0 saturated carbocycles. The first kappa shape index (κ1) is 16.2. The van der Waals surface area contributed by atoms with Gasteiger partial charge in [-0.1, -0.05) is 30.3 Å². The van der Waals surface area contributed by atoms with Crippen molar-refractivity contribution in [3.63, 3.8) is 0 Å². The van der Waals surface area contributed by atoms with Crippen molar-refractivity contribution in [2.45, 2.75) is 13.5 Å². The highest BCUT2D eigenvalue weighted by atomic mass is 32.1. The van der Waals surface area contributed by atoms with Crippen molar-refractivity contribution in [2.75, 3.05) is 5.32 Å². The van der Waals surface area contributed by atoms with Crippen LogP contribution in [0.5, 0.6) is 0 Å². The van der Waals surface area contributed by atoms with Gasteiger partial charge in [-0.2, -0.15) is 4.98 Å². The molecule has 0 bridgehead atoms. The molecule has 0 amide bonds. The highest BCUT2D eigenvalue weighted by Crippen LogP contribution is 2.34. The largest absolute Gasteiger partial charge is 0.365 e. The van der Waals surface area contributed by atoms with Crippen LogP contribution in [0.15, 0.2) is 48.8 Å². The molecule has 0 unspecified atom stereocenters. The number of aryl methyl sites for hydroxylation is 1. The van der Waals surface area contributed by atoms with Gasteiger partial charge >= 0.3 is 5.00 Å². The number of nitrogens with zero attached hydrogens (tertiary/aromatic N) is 5. The summed E-state index contributed by atoms with van der Waals surface area (Å²) in [6, 6.07) is 11.4. The highest BCUT2D eigenvalue weighted by molar-refractivity contribution is 7.21. The Bertz CT molecular complexity index is 1090. The summed E-state index contributed by atoms with van der Waals surface area (Å²) in [5, 5.41) is 15.1. The van der Waals surface area contributed by atoms with Crippen LogP contribution in [-0.2, 0) is 6.54 Å². The van der Waals surface area contributed by atoms with Gasteiger partial charge in [-0.25, -0.2) is 9.97 Å². The molecule has 3 heterocycles. The Hall–Kier alpha value is -3.33. The van der Waals surface area contributed by atoms with Gasteiger partial charge in [-0.3, -0.25) is 14.7 Å². The van der Waals surface area contributed by atoms with Gasteiger partial charge in [0.1, 0.15) is 16.5 Å². The maximum absolute atomic E-state index is 11.2. The van der Waals surface area contributed by atoms with Gasteiger partial charge in [0.05, 0.1) is 10.3 Å². The van der Waals surface area contributed by atoms with Gasteiger partial charge in [-0.05, 0) is 23.8 Å². The van der Waals surface area contributed by atoms with Crippen molar-refractivity contribution in [2.24, 2.45) is 0 Å². The van der Waals surface area contributed by atoms with Crippen LogP contribution in [0.1, 0.15) is 11.4 Å². The summed E-state index contributed by atoms with van der Waals surface area (Å²) in [5.41, 5.74) is 1.09. The Balaban J connectivity index is 1.80. The number of aromatic nitrogens is 4. The van der Waals surface area contributed by atoms with E-state index in [1.54, 1.807) is 17.0 Å². The molecule has 0 aliphatic carbocycles. The first-order valence-electron chi connectivity index (χ1n) is 7.86. The smallest absolute Gasteiger partial charge is 0.326 e. The van der Waals surface area contributed by atoms with Crippen LogP contribution in [0, 0.1) is 17.0 Å². The normalized spacial score (nSPS) is 11.0. The number of thiophene rings is 1. The molecule has 130 valence electrons. The van der Waals surface area contributed by atoms with Crippen molar-refractivity contribution in [3.05, 3.63) is 70.3 Å². The molecule has 26 heavy (non-hydrogen) atoms. The Labute approximate surface area is 152 Å². The fourth-order valence-corrected chi connectivity index (χ4v) is 3.44. The Morgan fingerprint density at radius 1 is 1.27 bits per heavy atom. The molecule has 1 N–H and O–H groups in total. The number of hydrogen-bond donors (Lipinski definition) is 1. The molecule has 0 aliphatic rings. The Morgan fingerprint density at radius 3 is 2.77 bits per heavy atom. The molecule has 3 aromatic heterocycles. The maximum Gasteiger partial charge on any atom is 0.326 e. The van der Waals surface area contributed by atoms with E-state index in [0.717, 1.165) is 22.7 Å². The van der Waals surface area contributed by atoms with E-state index in [2.05, 4.69) is 20.3 Å². The number of nitro groups is 1. The quantitative estimate of drug-likeness (QED) is 0.427. The van der Waals surface area contributed by atoms with Gasteiger partial charge in [0.2, 0.25) is 5.95 Å². The lowest BCUT2D eigenvalue weighted by Gasteiger charge is -2.09. The molecular formula is C17H14N6O2S. The first-order valence-corrected chi connectivity index (χ1v) is 8.67. The second-order valence-electron chi connectivity index (χ2n) is 5.62. The molecule has 8 nitrogen and oxygen atoms in total. The lowest BCUT2D eigenvalue weighted by Crippen LogP contribution is -2.07. The van der Waals surface area contributed by atoms with E-state index >= 15 is 0 Å². The topological polar surface area (TPSA) is 98.8 Å². The fraction of sp³-hybridized carbons (Fsp3) is 0.118. The summed E-state index contributed by atoms with van der Waals surface area (Å²) >= 11 is 1.03. The van der Waals surface area contributed by atoms with Crippen molar-refractivity contribution >= 4 is 32.4 Å². The van der Waals surface area contributed by atoms with Gasteiger partial charge < -0.3 is 5.32 Å². The molecule has 0 saturated heterocycles. The van der Waals surface area contributed by atoms with Gasteiger partial charge in [0.15, 0.2) is 0 Å². The Morgan fingerprint density at radius 2 is 2.08 bits per heavy atom. The minimum Gasteiger partial charge on any atom is -0.365 e. The second kappa shape index (κ2) is 6.52. The third kappa shape index (κ3) is 3.00. The second-order valence-corrected chi connectivity index (χ2v) is 6.63. The molecule has 1 aromatic carbocycles. The minimum absolute atomic E-state index is 0.0385. The summed E-state index contributed by atoms with van der Waals surface area (Å²) in [4.78, 5) is 24.6. The van der Waals surface area contributed by atoms with E-state index in [1.165, 1.54) is 6.07 Å². The molecular weight excluding hydrogens is 352 g/mol. The first-order chi connectivity index (χ1) is 12.6. The fourth-order valence-electron chi connectivity index (χ4n) is 2.60. The minimum atomic E-state index is -0.407. The van der Waals surface area contributed by atoms with Crippen LogP contribution in [0.3, 0.4) is 0 Å². The molecule has 0 fully saturated rings. The van der Waals surface area contributed by atoms with Crippen LogP contribution in [0.4, 0.5) is 10.8 Å². The van der Waals surface area contributed by atoms with E-state index in [4.69, 9.17) is 0 Å². The van der Waals surface area contributed by atoms with Crippen LogP contribution < -0.4 is 5.32 Å². The van der Waals surface area contributed by atoms with E-state index in [9.17, 15) is 10.1 Å². The van der Waals surface area contributed by atoms with Gasteiger partial charge in [0.25, 0.3) is 0 Å². The van der Waals surface area contributed by atoms with Crippen molar-refractivity contribution in [3.8, 4) is 5.95 Å². The third-order valence-corrected chi connectivity index (χ3v) is 4.87. The predicted molar refractivity (Wildman–Crippen MR) is 99.7 cm³/mol. The SMILES string of the molecule is Cc1nccn1-c1nc(NCc2ccccc2)c2cc([N+](=O)[O-])sc2n1. The average molecular weight is 366 g/mol. The monoisotopic (exact) mass is 366 g/mol. The Kier molecular flexibility index (Phi) is 4.05. The van der Waals surface area contributed by atoms with Crippen molar-refractivity contribution in [1.82, 2.24) is 19.5 Å². The van der Waals surface area contributed by atoms with E-state index in [-0.39, 0.29) is 5.00 Å². The zero-order valence-electron chi connectivity index (χ0n) is 13.8. The van der Waals surface area contributed by atoms with Crippen molar-refractivity contribution in [1.29, 1.82) is 0 Å². The number of rotatable bonds is 5. The van der Waals surface area contributed by atoms with Crippen LogP contribution in [-0.4, -0.2) is 24.4 Å². The lowest BCUT2D eigenvalue weighted by atomic mass is 10.2. The molecule has 0 aliphatic heterocycles.